The zero-order valence-corrected chi connectivity index (χ0v) is 11.7. The van der Waals surface area contributed by atoms with Gasteiger partial charge >= 0.3 is 0 Å². The van der Waals surface area contributed by atoms with Crippen molar-refractivity contribution in [2.24, 2.45) is 5.10 Å². The minimum atomic E-state index is 0.740. The van der Waals surface area contributed by atoms with Gasteiger partial charge in [0.25, 0.3) is 0 Å². The summed E-state index contributed by atoms with van der Waals surface area (Å²) < 4.78 is 0. The van der Waals surface area contributed by atoms with Gasteiger partial charge in [-0.15, -0.1) is 0 Å². The fourth-order valence-electron chi connectivity index (χ4n) is 2.46. The third-order valence-corrected chi connectivity index (χ3v) is 3.72. The van der Waals surface area contributed by atoms with Gasteiger partial charge in [-0.05, 0) is 62.4 Å². The number of halogens is 1. The van der Waals surface area contributed by atoms with Gasteiger partial charge in [-0.2, -0.15) is 5.10 Å². The summed E-state index contributed by atoms with van der Waals surface area (Å²) in [5, 5.41) is 6.27. The average molecular weight is 274 g/mol. The summed E-state index contributed by atoms with van der Waals surface area (Å²) in [6.45, 7) is 2.06. The smallest absolute Gasteiger partial charge is 0.147 e. The van der Waals surface area contributed by atoms with Crippen LogP contribution in [0.5, 0.6) is 0 Å². The zero-order chi connectivity index (χ0) is 13.2. The van der Waals surface area contributed by atoms with Crippen LogP contribution in [-0.4, -0.2) is 10.7 Å². The molecule has 3 rings (SSSR count). The number of hydrogen-bond acceptors (Lipinski definition) is 3. The van der Waals surface area contributed by atoms with Crippen LogP contribution in [0.1, 0.15) is 31.2 Å². The number of anilines is 1. The number of fused-ring (bicyclic) bond motifs is 1. The highest BCUT2D eigenvalue weighted by molar-refractivity contribution is 6.31. The van der Waals surface area contributed by atoms with Crippen LogP contribution >= 0.6 is 11.6 Å². The summed E-state index contributed by atoms with van der Waals surface area (Å²) in [5.41, 5.74) is 6.42. The molecule has 1 N–H and O–H groups in total. The normalized spacial score (nSPS) is 14.9. The van der Waals surface area contributed by atoms with Crippen molar-refractivity contribution in [2.45, 2.75) is 32.6 Å². The maximum Gasteiger partial charge on any atom is 0.147 e. The first kappa shape index (κ1) is 12.4. The highest BCUT2D eigenvalue weighted by atomic mass is 35.5. The number of rotatable bonds is 2. The Labute approximate surface area is 117 Å². The number of aromatic nitrogens is 1. The molecule has 4 heteroatoms. The number of nitrogens with one attached hydrogen (secondary N) is 1. The van der Waals surface area contributed by atoms with Crippen LogP contribution in [0, 0.1) is 6.92 Å². The molecule has 0 saturated heterocycles. The Kier molecular flexibility index (Phi) is 3.38. The Balaban J connectivity index is 1.92. The van der Waals surface area contributed by atoms with Crippen molar-refractivity contribution in [2.75, 3.05) is 5.43 Å². The van der Waals surface area contributed by atoms with Crippen LogP contribution in [0.15, 0.2) is 29.4 Å². The topological polar surface area (TPSA) is 37.3 Å². The van der Waals surface area contributed by atoms with Crippen molar-refractivity contribution in [1.82, 2.24) is 4.98 Å². The Morgan fingerprint density at radius 1 is 1.21 bits per heavy atom. The van der Waals surface area contributed by atoms with E-state index in [0.29, 0.717) is 0 Å². The first-order valence-corrected chi connectivity index (χ1v) is 6.98. The molecule has 1 fully saturated rings. The number of nitrogens with zero attached hydrogens (tertiary/aromatic N) is 2. The van der Waals surface area contributed by atoms with Gasteiger partial charge in [0.1, 0.15) is 5.82 Å². The second kappa shape index (κ2) is 5.17. The van der Waals surface area contributed by atoms with Crippen molar-refractivity contribution in [1.29, 1.82) is 0 Å². The van der Waals surface area contributed by atoms with E-state index in [-0.39, 0.29) is 0 Å². The number of benzene rings is 1. The fraction of sp³-hybridized carbons (Fsp3) is 0.333. The van der Waals surface area contributed by atoms with E-state index in [1.807, 2.05) is 24.3 Å². The summed E-state index contributed by atoms with van der Waals surface area (Å²) >= 11 is 6.01. The van der Waals surface area contributed by atoms with Crippen molar-refractivity contribution in [3.63, 3.8) is 0 Å². The van der Waals surface area contributed by atoms with E-state index < -0.39 is 0 Å². The maximum absolute atomic E-state index is 6.01. The molecule has 2 aromatic rings. The van der Waals surface area contributed by atoms with Crippen molar-refractivity contribution in [3.8, 4) is 0 Å². The molecule has 0 amide bonds. The molecule has 0 radical (unpaired) electrons. The molecule has 19 heavy (non-hydrogen) atoms. The second-order valence-corrected chi connectivity index (χ2v) is 5.42. The molecule has 0 atom stereocenters. The van der Waals surface area contributed by atoms with Crippen LogP contribution in [0.2, 0.25) is 5.02 Å². The van der Waals surface area contributed by atoms with Gasteiger partial charge in [0.15, 0.2) is 0 Å². The monoisotopic (exact) mass is 273 g/mol. The van der Waals surface area contributed by atoms with Gasteiger partial charge in [-0.25, -0.2) is 4.98 Å². The summed E-state index contributed by atoms with van der Waals surface area (Å²) in [6, 6.07) is 7.77. The van der Waals surface area contributed by atoms with Gasteiger partial charge in [0.05, 0.1) is 5.52 Å². The lowest BCUT2D eigenvalue weighted by Crippen LogP contribution is -1.99. The van der Waals surface area contributed by atoms with E-state index in [1.54, 1.807) is 0 Å². The fourth-order valence-corrected chi connectivity index (χ4v) is 2.63. The molecule has 0 unspecified atom stereocenters. The Morgan fingerprint density at radius 2 is 2.00 bits per heavy atom. The van der Waals surface area contributed by atoms with Crippen LogP contribution in [0.3, 0.4) is 0 Å². The first-order valence-electron chi connectivity index (χ1n) is 6.61. The van der Waals surface area contributed by atoms with Gasteiger partial charge in [0, 0.05) is 16.1 Å². The zero-order valence-electron chi connectivity index (χ0n) is 10.9. The summed E-state index contributed by atoms with van der Waals surface area (Å²) in [7, 11) is 0. The van der Waals surface area contributed by atoms with Gasteiger partial charge in [0.2, 0.25) is 0 Å². The predicted molar refractivity (Wildman–Crippen MR) is 81.0 cm³/mol. The molecule has 98 valence electrons. The summed E-state index contributed by atoms with van der Waals surface area (Å²) in [4.78, 5) is 4.56. The number of hydrazone groups is 1. The molecular formula is C15H16ClN3. The average Bonchev–Trinajstić information content (AvgIpc) is 2.90. The van der Waals surface area contributed by atoms with E-state index in [9.17, 15) is 0 Å². The van der Waals surface area contributed by atoms with Gasteiger partial charge in [-0.3, -0.25) is 5.43 Å². The Morgan fingerprint density at radius 3 is 2.79 bits per heavy atom. The molecule has 0 spiro atoms. The standard InChI is InChI=1S/C15H16ClN3/c1-10-8-15(19-18-12-4-2-3-5-12)17-14-7-6-11(16)9-13(10)14/h6-9H,2-5H2,1H3,(H,17,19). The molecule has 1 aliphatic carbocycles. The quantitative estimate of drug-likeness (QED) is 0.816. The first-order chi connectivity index (χ1) is 9.22. The Hall–Kier alpha value is -1.61. The largest absolute Gasteiger partial charge is 0.261 e. The third-order valence-electron chi connectivity index (χ3n) is 3.49. The van der Waals surface area contributed by atoms with Gasteiger partial charge < -0.3 is 0 Å². The molecule has 1 aromatic heterocycles. The number of pyridine rings is 1. The molecule has 0 bridgehead atoms. The van der Waals surface area contributed by atoms with Gasteiger partial charge in [-0.1, -0.05) is 11.6 Å². The molecule has 1 aromatic carbocycles. The van der Waals surface area contributed by atoms with E-state index in [0.717, 1.165) is 40.1 Å². The van der Waals surface area contributed by atoms with E-state index in [4.69, 9.17) is 11.6 Å². The molecule has 0 aliphatic heterocycles. The number of aryl methyl sites for hydroxylation is 1. The lowest BCUT2D eigenvalue weighted by molar-refractivity contribution is 0.886. The SMILES string of the molecule is Cc1cc(NN=C2CCCC2)nc2ccc(Cl)cc12. The predicted octanol–water partition coefficient (Wildman–Crippen LogP) is 4.54. The third kappa shape index (κ3) is 2.71. The van der Waals surface area contributed by atoms with E-state index in [1.165, 1.54) is 18.6 Å². The van der Waals surface area contributed by atoms with Crippen LogP contribution in [-0.2, 0) is 0 Å². The highest BCUT2D eigenvalue weighted by Gasteiger charge is 2.08. The summed E-state index contributed by atoms with van der Waals surface area (Å²) in [6.07, 6.45) is 4.72. The molecular weight excluding hydrogens is 258 g/mol. The van der Waals surface area contributed by atoms with Crippen LogP contribution in [0.4, 0.5) is 5.82 Å². The van der Waals surface area contributed by atoms with Crippen molar-refractivity contribution in [3.05, 3.63) is 34.9 Å². The van der Waals surface area contributed by atoms with E-state index in [2.05, 4.69) is 22.4 Å². The van der Waals surface area contributed by atoms with Crippen LogP contribution < -0.4 is 5.43 Å². The summed E-state index contributed by atoms with van der Waals surface area (Å²) in [5.74, 6) is 0.798. The lowest BCUT2D eigenvalue weighted by atomic mass is 10.1. The minimum Gasteiger partial charge on any atom is -0.261 e. The second-order valence-electron chi connectivity index (χ2n) is 4.98. The molecule has 1 heterocycles. The minimum absolute atomic E-state index is 0.740. The van der Waals surface area contributed by atoms with Crippen LogP contribution in [0.25, 0.3) is 10.9 Å². The van der Waals surface area contributed by atoms with Crippen molar-refractivity contribution >= 4 is 34.0 Å². The van der Waals surface area contributed by atoms with E-state index >= 15 is 0 Å². The van der Waals surface area contributed by atoms with Crippen molar-refractivity contribution < 1.29 is 0 Å². The highest BCUT2D eigenvalue weighted by Crippen LogP contribution is 2.24. The lowest BCUT2D eigenvalue weighted by Gasteiger charge is -2.07. The number of hydrogen-bond donors (Lipinski definition) is 1. The maximum atomic E-state index is 6.01. The Bertz CT molecular complexity index is 641. The molecule has 3 nitrogen and oxygen atoms in total. The molecule has 1 aliphatic rings. The molecule has 1 saturated carbocycles.